The predicted octanol–water partition coefficient (Wildman–Crippen LogP) is 14.9. The summed E-state index contributed by atoms with van der Waals surface area (Å²) in [7, 11) is 0. The van der Waals surface area contributed by atoms with Crippen LogP contribution < -0.4 is 4.90 Å². The molecule has 0 fully saturated rings. The molecule has 0 bridgehead atoms. The molecule has 0 amide bonds. The van der Waals surface area contributed by atoms with Crippen molar-refractivity contribution in [1.82, 2.24) is 0 Å². The quantitative estimate of drug-likeness (QED) is 0.166. The van der Waals surface area contributed by atoms with Gasteiger partial charge in [0, 0.05) is 32.8 Å². The van der Waals surface area contributed by atoms with Gasteiger partial charge in [0.1, 0.15) is 11.2 Å². The van der Waals surface area contributed by atoms with Gasteiger partial charge in [-0.15, -0.1) is 0 Å². The van der Waals surface area contributed by atoms with Gasteiger partial charge in [0.2, 0.25) is 0 Å². The second-order valence-corrected chi connectivity index (χ2v) is 13.6. The first kappa shape index (κ1) is 31.6. The molecule has 2 heteroatoms. The number of rotatable bonds is 7. The molecule has 2 nitrogen and oxygen atoms in total. The lowest BCUT2D eigenvalue weighted by Crippen LogP contribution is -2.14. The predicted molar refractivity (Wildman–Crippen MR) is 228 cm³/mol. The molecule has 10 aromatic rings. The SMILES string of the molecule is c1ccc(-c2ccccc2-c2ccccc2N(c2c(-c3ccccc3)cccc2-c2cccc3oc4ccccc4c23)c2cccc3ccccc23)cc1. The minimum absolute atomic E-state index is 0.874. The Morgan fingerprint density at radius 1 is 0.296 bits per heavy atom. The average molecular weight is 690 g/mol. The Labute approximate surface area is 314 Å². The highest BCUT2D eigenvalue weighted by Gasteiger charge is 2.27. The smallest absolute Gasteiger partial charge is 0.136 e. The lowest BCUT2D eigenvalue weighted by molar-refractivity contribution is 0.669. The molecule has 0 aliphatic heterocycles. The molecule has 0 radical (unpaired) electrons. The molecular weight excluding hydrogens is 655 g/mol. The monoisotopic (exact) mass is 689 g/mol. The zero-order valence-corrected chi connectivity index (χ0v) is 29.6. The minimum atomic E-state index is 0.874. The van der Waals surface area contributed by atoms with Crippen LogP contribution in [0.5, 0.6) is 0 Å². The maximum atomic E-state index is 6.48. The third kappa shape index (κ3) is 5.36. The van der Waals surface area contributed by atoms with Crippen molar-refractivity contribution in [1.29, 1.82) is 0 Å². The van der Waals surface area contributed by atoms with Gasteiger partial charge in [0.15, 0.2) is 0 Å². The minimum Gasteiger partial charge on any atom is -0.456 e. The van der Waals surface area contributed by atoms with Crippen LogP contribution in [-0.4, -0.2) is 0 Å². The van der Waals surface area contributed by atoms with E-state index in [0.717, 1.165) is 66.8 Å². The van der Waals surface area contributed by atoms with E-state index in [9.17, 15) is 0 Å². The van der Waals surface area contributed by atoms with Gasteiger partial charge in [-0.2, -0.15) is 0 Å². The fraction of sp³-hybridized carbons (Fsp3) is 0. The van der Waals surface area contributed by atoms with E-state index in [1.54, 1.807) is 0 Å². The van der Waals surface area contributed by atoms with Crippen LogP contribution >= 0.6 is 0 Å². The van der Waals surface area contributed by atoms with Crippen LogP contribution in [0.3, 0.4) is 0 Å². The van der Waals surface area contributed by atoms with E-state index in [4.69, 9.17) is 4.42 Å². The number of fused-ring (bicyclic) bond motifs is 4. The number of nitrogens with zero attached hydrogens (tertiary/aromatic N) is 1. The van der Waals surface area contributed by atoms with Crippen molar-refractivity contribution in [3.63, 3.8) is 0 Å². The summed E-state index contributed by atoms with van der Waals surface area (Å²) in [6.07, 6.45) is 0. The van der Waals surface area contributed by atoms with Crippen molar-refractivity contribution in [2.75, 3.05) is 4.90 Å². The standard InChI is InChI=1S/C52H35NO/c1-3-18-36(19-4-1)39-24-9-10-26-42(39)43-27-11-13-32-48(43)53(47-33-15-23-37-22-7-8-25-40(37)47)52-41(38-20-5-2-6-21-38)29-16-31-45(52)44-30-17-35-50-51(44)46-28-12-14-34-49(46)54-50/h1-35H. The van der Waals surface area contributed by atoms with Crippen LogP contribution in [0.2, 0.25) is 0 Å². The molecule has 0 saturated carbocycles. The van der Waals surface area contributed by atoms with Crippen molar-refractivity contribution in [3.8, 4) is 44.5 Å². The highest BCUT2D eigenvalue weighted by molar-refractivity contribution is 6.16. The van der Waals surface area contributed by atoms with Crippen LogP contribution in [0.1, 0.15) is 0 Å². The Kier molecular flexibility index (Phi) is 7.85. The largest absolute Gasteiger partial charge is 0.456 e. The third-order valence-corrected chi connectivity index (χ3v) is 10.5. The highest BCUT2D eigenvalue weighted by Crippen LogP contribution is 2.52. The number of hydrogen-bond donors (Lipinski definition) is 0. The van der Waals surface area contributed by atoms with Gasteiger partial charge < -0.3 is 9.32 Å². The number of para-hydroxylation sites is 3. The average Bonchev–Trinajstić information content (AvgIpc) is 3.64. The molecule has 1 heterocycles. The summed E-state index contributed by atoms with van der Waals surface area (Å²) >= 11 is 0. The molecule has 9 aromatic carbocycles. The molecule has 254 valence electrons. The zero-order chi connectivity index (χ0) is 35.8. The van der Waals surface area contributed by atoms with Gasteiger partial charge in [-0.1, -0.05) is 188 Å². The first-order valence-electron chi connectivity index (χ1n) is 18.4. The molecule has 0 atom stereocenters. The number of hydrogen-bond acceptors (Lipinski definition) is 2. The lowest BCUT2D eigenvalue weighted by atomic mass is 9.90. The van der Waals surface area contributed by atoms with E-state index < -0.39 is 0 Å². The maximum absolute atomic E-state index is 6.48. The first-order chi connectivity index (χ1) is 26.8. The molecule has 0 aliphatic carbocycles. The summed E-state index contributed by atoms with van der Waals surface area (Å²) in [5, 5.41) is 4.57. The van der Waals surface area contributed by atoms with Gasteiger partial charge >= 0.3 is 0 Å². The van der Waals surface area contributed by atoms with Crippen molar-refractivity contribution >= 4 is 49.8 Å². The molecule has 0 unspecified atom stereocenters. The van der Waals surface area contributed by atoms with Gasteiger partial charge in [-0.3, -0.25) is 0 Å². The number of furan rings is 1. The summed E-state index contributed by atoms with van der Waals surface area (Å²) in [6.45, 7) is 0. The Morgan fingerprint density at radius 2 is 0.796 bits per heavy atom. The van der Waals surface area contributed by atoms with Gasteiger partial charge in [0.05, 0.1) is 17.1 Å². The summed E-state index contributed by atoms with van der Waals surface area (Å²) in [6, 6.07) is 76.0. The fourth-order valence-corrected chi connectivity index (χ4v) is 8.11. The zero-order valence-electron chi connectivity index (χ0n) is 29.6. The fourth-order valence-electron chi connectivity index (χ4n) is 8.11. The number of anilines is 3. The Hall–Kier alpha value is -7.16. The Morgan fingerprint density at radius 3 is 1.61 bits per heavy atom. The second kappa shape index (κ2) is 13.4. The second-order valence-electron chi connectivity index (χ2n) is 13.6. The molecule has 10 rings (SSSR count). The molecule has 0 saturated heterocycles. The van der Waals surface area contributed by atoms with Crippen LogP contribution in [0.4, 0.5) is 17.1 Å². The summed E-state index contributed by atoms with van der Waals surface area (Å²) in [5.74, 6) is 0. The van der Waals surface area contributed by atoms with E-state index in [0.29, 0.717) is 0 Å². The van der Waals surface area contributed by atoms with Crippen molar-refractivity contribution < 1.29 is 4.42 Å². The molecular formula is C52H35NO. The Bertz CT molecular complexity index is 2940. The van der Waals surface area contributed by atoms with Gasteiger partial charge in [0.25, 0.3) is 0 Å². The Balaban J connectivity index is 1.35. The van der Waals surface area contributed by atoms with E-state index in [1.165, 1.54) is 27.5 Å². The van der Waals surface area contributed by atoms with Crippen LogP contribution in [0.25, 0.3) is 77.2 Å². The normalized spacial score (nSPS) is 11.3. The topological polar surface area (TPSA) is 16.4 Å². The van der Waals surface area contributed by atoms with Crippen molar-refractivity contribution in [3.05, 3.63) is 212 Å². The summed E-state index contributed by atoms with van der Waals surface area (Å²) in [5.41, 5.74) is 14.3. The van der Waals surface area contributed by atoms with Crippen LogP contribution in [-0.2, 0) is 0 Å². The van der Waals surface area contributed by atoms with Gasteiger partial charge in [-0.25, -0.2) is 0 Å². The molecule has 0 spiro atoms. The van der Waals surface area contributed by atoms with Gasteiger partial charge in [-0.05, 0) is 57.5 Å². The van der Waals surface area contributed by atoms with E-state index in [1.807, 2.05) is 6.07 Å². The van der Waals surface area contributed by atoms with Crippen molar-refractivity contribution in [2.24, 2.45) is 0 Å². The van der Waals surface area contributed by atoms with Crippen molar-refractivity contribution in [2.45, 2.75) is 0 Å². The highest BCUT2D eigenvalue weighted by atomic mass is 16.3. The summed E-state index contributed by atoms with van der Waals surface area (Å²) in [4.78, 5) is 2.51. The molecule has 54 heavy (non-hydrogen) atoms. The molecule has 0 N–H and O–H groups in total. The van der Waals surface area contributed by atoms with E-state index in [2.05, 4.69) is 211 Å². The first-order valence-corrected chi connectivity index (χ1v) is 18.4. The lowest BCUT2D eigenvalue weighted by Gasteiger charge is -2.33. The molecule has 1 aromatic heterocycles. The van der Waals surface area contributed by atoms with E-state index in [-0.39, 0.29) is 0 Å². The third-order valence-electron chi connectivity index (χ3n) is 10.5. The number of benzene rings is 9. The van der Waals surface area contributed by atoms with Crippen LogP contribution in [0.15, 0.2) is 217 Å². The molecule has 0 aliphatic rings. The van der Waals surface area contributed by atoms with E-state index >= 15 is 0 Å². The van der Waals surface area contributed by atoms with Crippen LogP contribution in [0, 0.1) is 0 Å². The summed E-state index contributed by atoms with van der Waals surface area (Å²) < 4.78 is 6.48. The maximum Gasteiger partial charge on any atom is 0.136 e.